The summed E-state index contributed by atoms with van der Waals surface area (Å²) < 4.78 is 6.19. The predicted molar refractivity (Wildman–Crippen MR) is 111 cm³/mol. The Hall–Kier alpha value is -1.15. The second-order valence-corrected chi connectivity index (χ2v) is 7.97. The monoisotopic (exact) mass is 396 g/mol. The normalized spacial score (nSPS) is 14.8. The van der Waals surface area contributed by atoms with Gasteiger partial charge in [0.1, 0.15) is 24.0 Å². The van der Waals surface area contributed by atoms with Crippen LogP contribution in [0.15, 0.2) is 24.3 Å². The summed E-state index contributed by atoms with van der Waals surface area (Å²) in [6.45, 7) is 11.4. The highest BCUT2D eigenvalue weighted by molar-refractivity contribution is 8.23. The van der Waals surface area contributed by atoms with E-state index in [4.69, 9.17) is 17.0 Å². The second-order valence-electron chi connectivity index (χ2n) is 6.36. The minimum Gasteiger partial charge on any atom is -0.370 e. The van der Waals surface area contributed by atoms with Gasteiger partial charge in [-0.15, -0.1) is 0 Å². The van der Waals surface area contributed by atoms with Crippen molar-refractivity contribution in [2.45, 2.75) is 26.9 Å². The first-order chi connectivity index (χ1) is 12.6. The van der Waals surface area contributed by atoms with Crippen LogP contribution >= 0.6 is 24.0 Å². The van der Waals surface area contributed by atoms with Gasteiger partial charge in [-0.2, -0.15) is 0 Å². The molecule has 26 heavy (non-hydrogen) atoms. The molecule has 0 bridgehead atoms. The summed E-state index contributed by atoms with van der Waals surface area (Å²) in [7, 11) is 0. The van der Waals surface area contributed by atoms with Crippen LogP contribution in [0.2, 0.25) is 0 Å². The SMILES string of the molecule is CCN(CC)C(=S)SCC(=O)NCc1ccc(C[NH+]2CCOCC2)cc1. The lowest BCUT2D eigenvalue weighted by atomic mass is 10.1. The molecule has 0 radical (unpaired) electrons. The quantitative estimate of drug-likeness (QED) is 0.644. The van der Waals surface area contributed by atoms with Crippen molar-refractivity contribution in [2.24, 2.45) is 0 Å². The zero-order valence-electron chi connectivity index (χ0n) is 15.8. The average molecular weight is 397 g/mol. The molecule has 144 valence electrons. The van der Waals surface area contributed by atoms with Crippen LogP contribution in [0.25, 0.3) is 0 Å². The van der Waals surface area contributed by atoms with Crippen molar-refractivity contribution in [1.29, 1.82) is 0 Å². The first kappa shape index (κ1) is 21.2. The van der Waals surface area contributed by atoms with Crippen LogP contribution in [0.5, 0.6) is 0 Å². The Balaban J connectivity index is 1.70. The van der Waals surface area contributed by atoms with Crippen molar-refractivity contribution in [3.05, 3.63) is 35.4 Å². The lowest BCUT2D eigenvalue weighted by Crippen LogP contribution is -3.12. The fourth-order valence-corrected chi connectivity index (χ4v) is 4.08. The summed E-state index contributed by atoms with van der Waals surface area (Å²) in [6, 6.07) is 8.52. The Kier molecular flexibility index (Phi) is 9.39. The molecule has 1 fully saturated rings. The second kappa shape index (κ2) is 11.5. The van der Waals surface area contributed by atoms with Crippen LogP contribution in [0.3, 0.4) is 0 Å². The van der Waals surface area contributed by atoms with Crippen LogP contribution in [-0.2, 0) is 22.6 Å². The van der Waals surface area contributed by atoms with E-state index in [1.165, 1.54) is 17.3 Å². The van der Waals surface area contributed by atoms with Gasteiger partial charge in [0.25, 0.3) is 0 Å². The molecule has 0 saturated carbocycles. The third-order valence-electron chi connectivity index (χ3n) is 4.52. The summed E-state index contributed by atoms with van der Waals surface area (Å²) in [6.07, 6.45) is 0. The van der Waals surface area contributed by atoms with Crippen molar-refractivity contribution < 1.29 is 14.4 Å². The van der Waals surface area contributed by atoms with Gasteiger partial charge < -0.3 is 19.9 Å². The third kappa shape index (κ3) is 7.23. The maximum absolute atomic E-state index is 12.0. The van der Waals surface area contributed by atoms with Gasteiger partial charge >= 0.3 is 0 Å². The molecule has 0 aliphatic carbocycles. The van der Waals surface area contributed by atoms with E-state index in [9.17, 15) is 4.79 Å². The minimum absolute atomic E-state index is 0.0198. The van der Waals surface area contributed by atoms with Crippen LogP contribution in [0.1, 0.15) is 25.0 Å². The molecule has 1 aromatic carbocycles. The van der Waals surface area contributed by atoms with Crippen molar-refractivity contribution >= 4 is 34.2 Å². The molecule has 2 rings (SSSR count). The number of thioether (sulfide) groups is 1. The Morgan fingerprint density at radius 1 is 1.19 bits per heavy atom. The number of quaternary nitrogens is 1. The molecule has 5 nitrogen and oxygen atoms in total. The Bertz CT molecular complexity index is 571. The number of thiocarbonyl (C=S) groups is 1. The molecule has 0 aromatic heterocycles. The number of morpholine rings is 1. The van der Waals surface area contributed by atoms with E-state index in [2.05, 4.69) is 48.3 Å². The highest BCUT2D eigenvalue weighted by Gasteiger charge is 2.14. The van der Waals surface area contributed by atoms with Crippen molar-refractivity contribution in [3.63, 3.8) is 0 Å². The summed E-state index contributed by atoms with van der Waals surface area (Å²) in [4.78, 5) is 15.7. The molecule has 1 aliphatic heterocycles. The molecule has 1 amide bonds. The highest BCUT2D eigenvalue weighted by atomic mass is 32.2. The van der Waals surface area contributed by atoms with Crippen LogP contribution in [-0.4, -0.2) is 60.3 Å². The molecule has 1 saturated heterocycles. The molecule has 1 aromatic rings. The van der Waals surface area contributed by atoms with Crippen molar-refractivity contribution in [3.8, 4) is 0 Å². The van der Waals surface area contributed by atoms with Gasteiger partial charge in [-0.05, 0) is 19.4 Å². The first-order valence-electron chi connectivity index (χ1n) is 9.29. The van der Waals surface area contributed by atoms with Gasteiger partial charge in [0.2, 0.25) is 5.91 Å². The van der Waals surface area contributed by atoms with Gasteiger partial charge in [-0.3, -0.25) is 4.79 Å². The number of benzene rings is 1. The number of carbonyl (C=O) groups is 1. The number of rotatable bonds is 8. The zero-order chi connectivity index (χ0) is 18.8. The lowest BCUT2D eigenvalue weighted by molar-refractivity contribution is -0.921. The molecular formula is C19H30N3O2S2+. The summed E-state index contributed by atoms with van der Waals surface area (Å²) in [5.74, 6) is 0.389. The van der Waals surface area contributed by atoms with Gasteiger partial charge in [0.05, 0.1) is 19.0 Å². The average Bonchev–Trinajstić information content (AvgIpc) is 2.67. The van der Waals surface area contributed by atoms with Gasteiger partial charge in [0, 0.05) is 25.2 Å². The standard InChI is InChI=1S/C19H29N3O2S2/c1-3-22(4-2)19(25)26-15-18(23)20-13-16-5-7-17(8-6-16)14-21-9-11-24-12-10-21/h5-8H,3-4,9-15H2,1-2H3,(H,20,23)/p+1. The summed E-state index contributed by atoms with van der Waals surface area (Å²) in [5, 5.41) is 2.97. The number of nitrogens with zero attached hydrogens (tertiary/aromatic N) is 1. The van der Waals surface area contributed by atoms with Crippen LogP contribution in [0.4, 0.5) is 0 Å². The largest absolute Gasteiger partial charge is 0.370 e. The van der Waals surface area contributed by atoms with Gasteiger partial charge in [0.15, 0.2) is 0 Å². The smallest absolute Gasteiger partial charge is 0.230 e. The number of amides is 1. The maximum atomic E-state index is 12.0. The number of carbonyl (C=O) groups excluding carboxylic acids is 1. The predicted octanol–water partition coefficient (Wildman–Crippen LogP) is 1.08. The molecule has 0 unspecified atom stereocenters. The van der Waals surface area contributed by atoms with E-state index >= 15 is 0 Å². The number of hydrogen-bond acceptors (Lipinski definition) is 4. The molecule has 1 aliphatic rings. The number of ether oxygens (including phenoxy) is 1. The lowest BCUT2D eigenvalue weighted by Gasteiger charge is -2.23. The molecule has 0 atom stereocenters. The van der Waals surface area contributed by atoms with Crippen LogP contribution < -0.4 is 10.2 Å². The van der Waals surface area contributed by atoms with E-state index < -0.39 is 0 Å². The fraction of sp³-hybridized carbons (Fsp3) is 0.579. The molecule has 1 heterocycles. The van der Waals surface area contributed by atoms with E-state index in [0.717, 1.165) is 55.8 Å². The third-order valence-corrected chi connectivity index (χ3v) is 6.04. The van der Waals surface area contributed by atoms with E-state index in [1.54, 1.807) is 4.90 Å². The Morgan fingerprint density at radius 2 is 1.81 bits per heavy atom. The van der Waals surface area contributed by atoms with Gasteiger partial charge in [-0.25, -0.2) is 0 Å². The Morgan fingerprint density at radius 3 is 2.42 bits per heavy atom. The van der Waals surface area contributed by atoms with E-state index in [1.807, 2.05) is 0 Å². The summed E-state index contributed by atoms with van der Waals surface area (Å²) >= 11 is 6.78. The van der Waals surface area contributed by atoms with Crippen molar-refractivity contribution in [2.75, 3.05) is 45.1 Å². The molecule has 2 N–H and O–H groups in total. The highest BCUT2D eigenvalue weighted by Crippen LogP contribution is 2.09. The topological polar surface area (TPSA) is 46.0 Å². The number of nitrogens with one attached hydrogen (secondary N) is 2. The molecule has 0 spiro atoms. The Labute approximate surface area is 166 Å². The summed E-state index contributed by atoms with van der Waals surface area (Å²) in [5.41, 5.74) is 2.45. The van der Waals surface area contributed by atoms with Crippen molar-refractivity contribution in [1.82, 2.24) is 10.2 Å². The maximum Gasteiger partial charge on any atom is 0.230 e. The zero-order valence-corrected chi connectivity index (χ0v) is 17.4. The fourth-order valence-electron chi connectivity index (χ4n) is 2.85. The first-order valence-corrected chi connectivity index (χ1v) is 10.7. The van der Waals surface area contributed by atoms with Gasteiger partial charge in [-0.1, -0.05) is 48.2 Å². The molecule has 7 heteroatoms. The van der Waals surface area contributed by atoms with E-state index in [-0.39, 0.29) is 5.91 Å². The van der Waals surface area contributed by atoms with E-state index in [0.29, 0.717) is 12.3 Å². The minimum atomic E-state index is 0.0198. The molecular weight excluding hydrogens is 366 g/mol. The van der Waals surface area contributed by atoms with Crippen LogP contribution in [0, 0.1) is 0 Å². The number of hydrogen-bond donors (Lipinski definition) is 2.